The Labute approximate surface area is 203 Å². The molecule has 1 amide bonds. The molecule has 0 bridgehead atoms. The van der Waals surface area contributed by atoms with Gasteiger partial charge in [-0.15, -0.1) is 11.6 Å². The third kappa shape index (κ3) is 8.45. The molecule has 0 saturated carbocycles. The van der Waals surface area contributed by atoms with Crippen LogP contribution in [0.15, 0.2) is 42.5 Å². The Kier molecular flexibility index (Phi) is 10.4. The second kappa shape index (κ2) is 11.5. The lowest BCUT2D eigenvalue weighted by molar-refractivity contribution is 0.0833. The molecule has 0 aliphatic heterocycles. The summed E-state index contributed by atoms with van der Waals surface area (Å²) in [7, 11) is -4.13. The Morgan fingerprint density at radius 3 is 2.00 bits per heavy atom. The van der Waals surface area contributed by atoms with Crippen molar-refractivity contribution in [2.45, 2.75) is 90.0 Å². The van der Waals surface area contributed by atoms with E-state index < -0.39 is 16.6 Å². The maximum atomic E-state index is 13.1. The molecule has 32 heavy (non-hydrogen) atoms. The summed E-state index contributed by atoms with van der Waals surface area (Å²) in [5.41, 5.74) is 0.622. The lowest BCUT2D eigenvalue weighted by atomic mass is 10.1. The molecule has 1 rings (SSSR count). The van der Waals surface area contributed by atoms with Gasteiger partial charge in [0, 0.05) is 11.4 Å². The number of benzene rings is 1. The molecular weight excluding hydrogens is 454 g/mol. The molecule has 0 unspecified atom stereocenters. The number of halogens is 1. The Morgan fingerprint density at radius 2 is 1.53 bits per heavy atom. The first-order valence-corrected chi connectivity index (χ1v) is 17.8. The van der Waals surface area contributed by atoms with Crippen LogP contribution in [-0.4, -0.2) is 47.2 Å². The van der Waals surface area contributed by atoms with Crippen LogP contribution in [0.1, 0.15) is 51.9 Å². The zero-order valence-electron chi connectivity index (χ0n) is 21.7. The van der Waals surface area contributed by atoms with Crippen LogP contribution in [0.25, 0.3) is 0 Å². The largest absolute Gasteiger partial charge is 0.415 e. The summed E-state index contributed by atoms with van der Waals surface area (Å²) in [6, 6.07) is 8.95. The molecular formula is C25H44ClNO3Si2. The van der Waals surface area contributed by atoms with Crippen LogP contribution in [0.5, 0.6) is 0 Å². The van der Waals surface area contributed by atoms with E-state index in [0.29, 0.717) is 18.1 Å². The van der Waals surface area contributed by atoms with Crippen molar-refractivity contribution in [3.63, 3.8) is 0 Å². The van der Waals surface area contributed by atoms with Crippen molar-refractivity contribution in [1.82, 2.24) is 5.32 Å². The van der Waals surface area contributed by atoms with Gasteiger partial charge in [-0.05, 0) is 48.4 Å². The highest BCUT2D eigenvalue weighted by molar-refractivity contribution is 6.74. The van der Waals surface area contributed by atoms with Crippen molar-refractivity contribution in [2.75, 3.05) is 12.5 Å². The molecule has 0 aliphatic carbocycles. The normalized spacial score (nSPS) is 15.6. The van der Waals surface area contributed by atoms with E-state index in [1.165, 1.54) is 0 Å². The molecule has 7 heteroatoms. The lowest BCUT2D eigenvalue weighted by Gasteiger charge is -2.42. The minimum absolute atomic E-state index is 0.0360. The number of amides is 1. The van der Waals surface area contributed by atoms with Crippen LogP contribution in [-0.2, 0) is 8.85 Å². The van der Waals surface area contributed by atoms with Gasteiger partial charge in [0.1, 0.15) is 0 Å². The predicted octanol–water partition coefficient (Wildman–Crippen LogP) is 6.99. The minimum Gasteiger partial charge on any atom is -0.415 e. The van der Waals surface area contributed by atoms with Gasteiger partial charge in [0.15, 0.2) is 16.6 Å². The monoisotopic (exact) mass is 497 g/mol. The molecule has 1 aromatic rings. The Balaban J connectivity index is 3.27. The average Bonchev–Trinajstić information content (AvgIpc) is 2.67. The van der Waals surface area contributed by atoms with E-state index in [0.717, 1.165) is 0 Å². The van der Waals surface area contributed by atoms with E-state index >= 15 is 0 Å². The van der Waals surface area contributed by atoms with Gasteiger partial charge < -0.3 is 14.2 Å². The van der Waals surface area contributed by atoms with Crippen LogP contribution in [0, 0.1) is 0 Å². The molecule has 0 aromatic heterocycles. The van der Waals surface area contributed by atoms with Crippen molar-refractivity contribution < 1.29 is 13.6 Å². The summed E-state index contributed by atoms with van der Waals surface area (Å²) < 4.78 is 13.3. The summed E-state index contributed by atoms with van der Waals surface area (Å²) in [6.07, 6.45) is 3.55. The highest BCUT2D eigenvalue weighted by atomic mass is 35.5. The van der Waals surface area contributed by atoms with Gasteiger partial charge >= 0.3 is 0 Å². The fourth-order valence-corrected chi connectivity index (χ4v) is 4.94. The van der Waals surface area contributed by atoms with E-state index in [-0.39, 0.29) is 28.1 Å². The molecule has 182 valence electrons. The van der Waals surface area contributed by atoms with E-state index in [1.807, 2.05) is 42.5 Å². The van der Waals surface area contributed by atoms with Gasteiger partial charge in [0.05, 0.1) is 18.8 Å². The Bertz CT molecular complexity index is 753. The first-order chi connectivity index (χ1) is 14.5. The van der Waals surface area contributed by atoms with Crippen LogP contribution < -0.4 is 5.32 Å². The Hall–Kier alpha value is -0.926. The maximum Gasteiger partial charge on any atom is 0.251 e. The second-order valence-electron chi connectivity index (χ2n) is 11.4. The molecule has 0 heterocycles. The number of carbonyl (C=O) groups is 1. The first-order valence-electron chi connectivity index (χ1n) is 11.4. The predicted molar refractivity (Wildman–Crippen MR) is 143 cm³/mol. The molecule has 2 atom stereocenters. The number of hydrogen-bond donors (Lipinski definition) is 1. The summed E-state index contributed by atoms with van der Waals surface area (Å²) in [4.78, 5) is 13.1. The van der Waals surface area contributed by atoms with Gasteiger partial charge in [-0.3, -0.25) is 4.79 Å². The van der Waals surface area contributed by atoms with E-state index in [1.54, 1.807) is 0 Å². The topological polar surface area (TPSA) is 47.6 Å². The summed E-state index contributed by atoms with van der Waals surface area (Å²) >= 11 is 5.98. The highest BCUT2D eigenvalue weighted by Gasteiger charge is 2.42. The minimum atomic E-state index is -2.11. The van der Waals surface area contributed by atoms with Gasteiger partial charge in [-0.2, -0.15) is 0 Å². The average molecular weight is 498 g/mol. The third-order valence-electron chi connectivity index (χ3n) is 6.83. The van der Waals surface area contributed by atoms with Gasteiger partial charge in [-0.25, -0.2) is 0 Å². The smallest absolute Gasteiger partial charge is 0.251 e. The van der Waals surface area contributed by atoms with Crippen molar-refractivity contribution >= 4 is 34.1 Å². The summed E-state index contributed by atoms with van der Waals surface area (Å²) in [5.74, 6) is 0.261. The van der Waals surface area contributed by atoms with Crippen molar-refractivity contribution in [1.29, 1.82) is 0 Å². The van der Waals surface area contributed by atoms with Crippen molar-refractivity contribution in [2.24, 2.45) is 0 Å². The molecule has 1 aromatic carbocycles. The van der Waals surface area contributed by atoms with Crippen LogP contribution in [0.4, 0.5) is 0 Å². The van der Waals surface area contributed by atoms with E-state index in [9.17, 15) is 4.79 Å². The zero-order valence-corrected chi connectivity index (χ0v) is 24.5. The molecule has 1 N–H and O–H groups in total. The van der Waals surface area contributed by atoms with Gasteiger partial charge in [0.25, 0.3) is 5.91 Å². The molecule has 4 nitrogen and oxygen atoms in total. The number of rotatable bonds is 10. The number of alkyl halides is 1. The van der Waals surface area contributed by atoms with Crippen molar-refractivity contribution in [3.8, 4) is 0 Å². The molecule has 0 spiro atoms. The van der Waals surface area contributed by atoms with E-state index in [4.69, 9.17) is 20.5 Å². The highest BCUT2D eigenvalue weighted by Crippen LogP contribution is 2.39. The zero-order chi connectivity index (χ0) is 24.8. The van der Waals surface area contributed by atoms with Crippen LogP contribution >= 0.6 is 11.6 Å². The maximum absolute atomic E-state index is 13.1. The molecule has 0 fully saturated rings. The van der Waals surface area contributed by atoms with Gasteiger partial charge in [-0.1, -0.05) is 71.9 Å². The number of carbonyl (C=O) groups excluding carboxylic acids is 1. The standard InChI is InChI=1S/C25H44ClNO3Si2/c1-24(2,3)31(7,8)29-19-21(27-23(28)20-15-12-11-13-16-20)22(17-14-18-26)30-32(9,10)25(4,5)6/h11-17,21-22H,18-19H2,1-10H3,(H,27,28)/b17-14+/t21-,22+/m0/s1. The Morgan fingerprint density at radius 1 is 1.00 bits per heavy atom. The number of nitrogens with one attached hydrogen (secondary N) is 1. The lowest BCUT2D eigenvalue weighted by Crippen LogP contribution is -2.54. The first kappa shape index (κ1) is 29.1. The number of allylic oxidation sites excluding steroid dienone is 1. The van der Waals surface area contributed by atoms with Crippen LogP contribution in [0.3, 0.4) is 0 Å². The van der Waals surface area contributed by atoms with Crippen molar-refractivity contribution in [3.05, 3.63) is 48.0 Å². The van der Waals surface area contributed by atoms with Crippen LogP contribution in [0.2, 0.25) is 36.3 Å². The van der Waals surface area contributed by atoms with Gasteiger partial charge in [0.2, 0.25) is 0 Å². The quantitative estimate of drug-likeness (QED) is 0.215. The molecule has 0 saturated heterocycles. The van der Waals surface area contributed by atoms with E-state index in [2.05, 4.69) is 73.0 Å². The number of hydrogen-bond acceptors (Lipinski definition) is 3. The fraction of sp³-hybridized carbons (Fsp3) is 0.640. The second-order valence-corrected chi connectivity index (χ2v) is 21.3. The summed E-state index contributed by atoms with van der Waals surface area (Å²) in [5, 5.41) is 3.31. The SMILES string of the molecule is CC(C)(C)[Si](C)(C)OC[C@H](NC(=O)c1ccccc1)[C@@H](/C=C/CCl)O[Si](C)(C)C(C)(C)C. The third-order valence-corrected chi connectivity index (χ3v) is 16.0. The fourth-order valence-electron chi connectivity index (χ4n) is 2.53. The summed E-state index contributed by atoms with van der Waals surface area (Å²) in [6.45, 7) is 22.6. The molecule has 0 radical (unpaired) electrons. The molecule has 0 aliphatic rings.